The first-order chi connectivity index (χ1) is 14.8. The van der Waals surface area contributed by atoms with Gasteiger partial charge in [-0.15, -0.1) is 0 Å². The molecule has 0 radical (unpaired) electrons. The number of alkyl halides is 3. The third-order valence-electron chi connectivity index (χ3n) is 4.86. The number of rotatable bonds is 5. The van der Waals surface area contributed by atoms with Crippen LogP contribution in [0, 0.1) is 5.41 Å². The average Bonchev–Trinajstić information content (AvgIpc) is 2.71. The average molecular weight is 464 g/mol. The molecule has 0 atom stereocenters. The summed E-state index contributed by atoms with van der Waals surface area (Å²) in [6.07, 6.45) is -3.74. The lowest BCUT2D eigenvalue weighted by Gasteiger charge is -2.16. The quantitative estimate of drug-likeness (QED) is 0.525. The van der Waals surface area contributed by atoms with Gasteiger partial charge in [0, 0.05) is 23.0 Å². The Morgan fingerprint density at radius 3 is 2.44 bits per heavy atom. The number of carbonyl (C=O) groups is 1. The summed E-state index contributed by atoms with van der Waals surface area (Å²) in [7, 11) is 0. The molecule has 32 heavy (non-hydrogen) atoms. The zero-order valence-electron chi connectivity index (χ0n) is 17.7. The van der Waals surface area contributed by atoms with Crippen LogP contribution < -0.4 is 5.69 Å². The minimum atomic E-state index is -4.54. The van der Waals surface area contributed by atoms with Gasteiger partial charge in [-0.3, -0.25) is 9.78 Å². The number of H-pyrrole nitrogens is 1. The smallest absolute Gasteiger partial charge is 0.299 e. The van der Waals surface area contributed by atoms with E-state index in [-0.39, 0.29) is 23.0 Å². The number of hydrogen-bond donors (Lipinski definition) is 1. The van der Waals surface area contributed by atoms with E-state index in [9.17, 15) is 22.8 Å². The molecule has 0 aliphatic heterocycles. The van der Waals surface area contributed by atoms with Crippen LogP contribution in [0.4, 0.5) is 13.2 Å². The van der Waals surface area contributed by atoms with Gasteiger partial charge in [0.2, 0.25) is 0 Å². The molecule has 5 nitrogen and oxygen atoms in total. The van der Waals surface area contributed by atoms with Gasteiger partial charge < -0.3 is 0 Å². The van der Waals surface area contributed by atoms with Gasteiger partial charge in [0.05, 0.1) is 10.6 Å². The van der Waals surface area contributed by atoms with Gasteiger partial charge in [-0.25, -0.2) is 9.78 Å². The lowest BCUT2D eigenvalue weighted by Crippen LogP contribution is -2.20. The largest absolute Gasteiger partial charge is 0.416 e. The van der Waals surface area contributed by atoms with Crippen LogP contribution in [-0.2, 0) is 17.4 Å². The summed E-state index contributed by atoms with van der Waals surface area (Å²) in [4.78, 5) is 34.8. The highest BCUT2D eigenvalue weighted by Crippen LogP contribution is 2.32. The number of Topliss-reactive ketones (excluding diaryl/α,β-unsaturated/α-hetero) is 1. The minimum Gasteiger partial charge on any atom is -0.299 e. The molecule has 2 aromatic carbocycles. The van der Waals surface area contributed by atoms with Gasteiger partial charge in [0.1, 0.15) is 11.6 Å². The molecular formula is C23H21ClF3N3O2. The van der Waals surface area contributed by atoms with E-state index in [1.54, 1.807) is 18.2 Å². The first-order valence-electron chi connectivity index (χ1n) is 9.83. The molecular weight excluding hydrogens is 443 g/mol. The zero-order valence-corrected chi connectivity index (χ0v) is 18.4. The molecule has 1 N–H and O–H groups in total. The minimum absolute atomic E-state index is 0.0511. The van der Waals surface area contributed by atoms with E-state index >= 15 is 0 Å². The van der Waals surface area contributed by atoms with Crippen molar-refractivity contribution in [1.82, 2.24) is 15.0 Å². The van der Waals surface area contributed by atoms with Crippen LogP contribution in [-0.4, -0.2) is 20.7 Å². The SMILES string of the molecule is CC(C)(C)C(=O)CCc1ccc(Cl)c(-c2nc(-c3cccc(C(F)(F)F)c3)nc(=O)[nH]2)c1. The standard InChI is InChI=1S/C23H21ClF3N3O2/c1-22(2,3)18(31)10-8-13-7-9-17(24)16(11-13)20-28-19(29-21(32)30-20)14-5-4-6-15(12-14)23(25,26)27/h4-7,9,11-12H,8,10H2,1-3H3,(H,28,29,30,32). The summed E-state index contributed by atoms with van der Waals surface area (Å²) >= 11 is 6.30. The van der Waals surface area contributed by atoms with Crippen molar-refractivity contribution >= 4 is 17.4 Å². The number of aryl methyl sites for hydroxylation is 1. The van der Waals surface area contributed by atoms with E-state index in [1.807, 2.05) is 20.8 Å². The molecule has 0 aliphatic rings. The maximum Gasteiger partial charge on any atom is 0.416 e. The highest BCUT2D eigenvalue weighted by molar-refractivity contribution is 6.33. The van der Waals surface area contributed by atoms with Crippen LogP contribution >= 0.6 is 11.6 Å². The second kappa shape index (κ2) is 8.86. The number of aromatic nitrogens is 3. The summed E-state index contributed by atoms with van der Waals surface area (Å²) in [5.74, 6) is 0.0296. The van der Waals surface area contributed by atoms with E-state index < -0.39 is 22.8 Å². The van der Waals surface area contributed by atoms with Crippen LogP contribution in [0.5, 0.6) is 0 Å². The van der Waals surface area contributed by atoms with E-state index in [0.717, 1.165) is 17.7 Å². The Morgan fingerprint density at radius 1 is 1.06 bits per heavy atom. The lowest BCUT2D eigenvalue weighted by molar-refractivity contribution is -0.137. The number of carbonyl (C=O) groups excluding carboxylic acids is 1. The monoisotopic (exact) mass is 463 g/mol. The van der Waals surface area contributed by atoms with E-state index in [0.29, 0.717) is 23.4 Å². The van der Waals surface area contributed by atoms with Crippen molar-refractivity contribution in [2.75, 3.05) is 0 Å². The molecule has 3 rings (SSSR count). The Balaban J connectivity index is 1.98. The lowest BCUT2D eigenvalue weighted by atomic mass is 9.87. The predicted molar refractivity (Wildman–Crippen MR) is 116 cm³/mol. The molecule has 0 amide bonds. The highest BCUT2D eigenvalue weighted by atomic mass is 35.5. The maximum absolute atomic E-state index is 13.1. The van der Waals surface area contributed by atoms with E-state index in [1.165, 1.54) is 12.1 Å². The summed E-state index contributed by atoms with van der Waals surface area (Å²) in [6.45, 7) is 5.55. The molecule has 1 aromatic heterocycles. The number of nitrogens with zero attached hydrogens (tertiary/aromatic N) is 2. The number of benzene rings is 2. The summed E-state index contributed by atoms with van der Waals surface area (Å²) in [6, 6.07) is 9.52. The molecule has 0 fully saturated rings. The van der Waals surface area contributed by atoms with Crippen molar-refractivity contribution in [2.24, 2.45) is 5.41 Å². The normalized spacial score (nSPS) is 12.1. The summed E-state index contributed by atoms with van der Waals surface area (Å²) in [5, 5.41) is 0.292. The molecule has 0 saturated carbocycles. The van der Waals surface area contributed by atoms with Gasteiger partial charge >= 0.3 is 11.9 Å². The number of aromatic amines is 1. The van der Waals surface area contributed by atoms with Gasteiger partial charge in [0.15, 0.2) is 5.82 Å². The van der Waals surface area contributed by atoms with Gasteiger partial charge in [-0.1, -0.05) is 50.6 Å². The Bertz CT molecular complexity index is 1210. The molecule has 0 bridgehead atoms. The number of hydrogen-bond acceptors (Lipinski definition) is 4. The second-order valence-corrected chi connectivity index (χ2v) is 8.80. The molecule has 9 heteroatoms. The Morgan fingerprint density at radius 2 is 1.78 bits per heavy atom. The van der Waals surface area contributed by atoms with E-state index in [2.05, 4.69) is 15.0 Å². The third kappa shape index (κ3) is 5.62. The van der Waals surface area contributed by atoms with Crippen molar-refractivity contribution in [2.45, 2.75) is 39.8 Å². The van der Waals surface area contributed by atoms with Crippen molar-refractivity contribution in [3.05, 3.63) is 69.1 Å². The fourth-order valence-electron chi connectivity index (χ4n) is 3.02. The Kier molecular flexibility index (Phi) is 6.55. The van der Waals surface area contributed by atoms with Crippen LogP contribution in [0.15, 0.2) is 47.3 Å². The fourth-order valence-corrected chi connectivity index (χ4v) is 3.22. The molecule has 0 aliphatic carbocycles. The molecule has 0 saturated heterocycles. The number of ketones is 1. The van der Waals surface area contributed by atoms with Crippen LogP contribution in [0.3, 0.4) is 0 Å². The predicted octanol–water partition coefficient (Wildman–Crippen LogP) is 5.72. The molecule has 1 heterocycles. The molecule has 0 spiro atoms. The maximum atomic E-state index is 13.1. The first kappa shape index (κ1) is 23.7. The Labute approximate surface area is 187 Å². The Hall–Kier alpha value is -3.00. The van der Waals surface area contributed by atoms with Gasteiger partial charge in [-0.2, -0.15) is 18.2 Å². The van der Waals surface area contributed by atoms with Crippen molar-refractivity contribution in [3.8, 4) is 22.8 Å². The summed E-state index contributed by atoms with van der Waals surface area (Å²) in [5.41, 5.74) is -0.847. The van der Waals surface area contributed by atoms with Gasteiger partial charge in [0.25, 0.3) is 0 Å². The number of nitrogens with one attached hydrogen (secondary N) is 1. The van der Waals surface area contributed by atoms with Crippen molar-refractivity contribution in [3.63, 3.8) is 0 Å². The zero-order chi connectivity index (χ0) is 23.7. The van der Waals surface area contributed by atoms with Crippen LogP contribution in [0.1, 0.15) is 38.3 Å². The van der Waals surface area contributed by atoms with Crippen molar-refractivity contribution < 1.29 is 18.0 Å². The van der Waals surface area contributed by atoms with Crippen LogP contribution in [0.2, 0.25) is 5.02 Å². The summed E-state index contributed by atoms with van der Waals surface area (Å²) < 4.78 is 39.2. The van der Waals surface area contributed by atoms with Crippen LogP contribution in [0.25, 0.3) is 22.8 Å². The number of halogens is 4. The third-order valence-corrected chi connectivity index (χ3v) is 5.19. The molecule has 0 unspecified atom stereocenters. The first-order valence-corrected chi connectivity index (χ1v) is 10.2. The molecule has 3 aromatic rings. The highest BCUT2D eigenvalue weighted by Gasteiger charge is 2.30. The fraction of sp³-hybridized carbons (Fsp3) is 0.304. The topological polar surface area (TPSA) is 75.7 Å². The van der Waals surface area contributed by atoms with Gasteiger partial charge in [-0.05, 0) is 36.2 Å². The van der Waals surface area contributed by atoms with Crippen molar-refractivity contribution in [1.29, 1.82) is 0 Å². The second-order valence-electron chi connectivity index (χ2n) is 8.39. The van der Waals surface area contributed by atoms with E-state index in [4.69, 9.17) is 11.6 Å². The molecule has 168 valence electrons.